The molecule has 0 spiro atoms. The molecule has 0 atom stereocenters. The second-order valence-electron chi connectivity index (χ2n) is 4.75. The van der Waals surface area contributed by atoms with Crippen molar-refractivity contribution in [3.63, 3.8) is 0 Å². The lowest BCUT2D eigenvalue weighted by Crippen LogP contribution is -2.47. The second-order valence-corrected chi connectivity index (χ2v) is 5.92. The molecule has 0 aliphatic carbocycles. The SMILES string of the molecule is COCCN1CCN(c2ccc(C)c(I)c2)CC1. The summed E-state index contributed by atoms with van der Waals surface area (Å²) in [6, 6.07) is 6.75. The number of piperazine rings is 1. The monoisotopic (exact) mass is 360 g/mol. The number of benzene rings is 1. The molecule has 18 heavy (non-hydrogen) atoms. The Bertz CT molecular complexity index is 389. The van der Waals surface area contributed by atoms with Gasteiger partial charge in [0, 0.05) is 49.1 Å². The molecule has 0 bridgehead atoms. The van der Waals surface area contributed by atoms with Crippen LogP contribution in [0.25, 0.3) is 0 Å². The summed E-state index contributed by atoms with van der Waals surface area (Å²) in [6.07, 6.45) is 0. The Hall–Kier alpha value is -0.330. The fraction of sp³-hybridized carbons (Fsp3) is 0.571. The molecule has 1 saturated heterocycles. The molecule has 100 valence electrons. The summed E-state index contributed by atoms with van der Waals surface area (Å²) in [7, 11) is 1.77. The third-order valence-electron chi connectivity index (χ3n) is 3.50. The topological polar surface area (TPSA) is 15.7 Å². The molecule has 1 heterocycles. The van der Waals surface area contributed by atoms with Gasteiger partial charge in [-0.1, -0.05) is 6.07 Å². The molecule has 0 unspecified atom stereocenters. The molecular weight excluding hydrogens is 339 g/mol. The van der Waals surface area contributed by atoms with Crippen molar-refractivity contribution >= 4 is 28.3 Å². The number of hydrogen-bond donors (Lipinski definition) is 0. The van der Waals surface area contributed by atoms with E-state index in [9.17, 15) is 0 Å². The first-order chi connectivity index (χ1) is 8.70. The van der Waals surface area contributed by atoms with Crippen LogP contribution in [-0.4, -0.2) is 51.3 Å². The van der Waals surface area contributed by atoms with Gasteiger partial charge in [-0.25, -0.2) is 0 Å². The van der Waals surface area contributed by atoms with Gasteiger partial charge in [0.05, 0.1) is 6.61 Å². The van der Waals surface area contributed by atoms with Crippen LogP contribution in [0.1, 0.15) is 5.56 Å². The summed E-state index contributed by atoms with van der Waals surface area (Å²) in [6.45, 7) is 8.54. The summed E-state index contributed by atoms with van der Waals surface area (Å²) in [4.78, 5) is 4.95. The number of aryl methyl sites for hydroxylation is 1. The summed E-state index contributed by atoms with van der Waals surface area (Å²) >= 11 is 2.41. The standard InChI is InChI=1S/C14H21IN2O/c1-12-3-4-13(11-14(12)15)17-7-5-16(6-8-17)9-10-18-2/h3-4,11H,5-10H2,1-2H3. The first-order valence-corrected chi connectivity index (χ1v) is 7.51. The van der Waals surface area contributed by atoms with Gasteiger partial charge in [0.1, 0.15) is 0 Å². The molecule has 1 aliphatic rings. The van der Waals surface area contributed by atoms with E-state index in [-0.39, 0.29) is 0 Å². The maximum atomic E-state index is 5.13. The third-order valence-corrected chi connectivity index (χ3v) is 4.67. The normalized spacial score (nSPS) is 17.2. The van der Waals surface area contributed by atoms with Gasteiger partial charge in [-0.15, -0.1) is 0 Å². The van der Waals surface area contributed by atoms with Crippen LogP contribution in [-0.2, 0) is 4.74 Å². The lowest BCUT2D eigenvalue weighted by Gasteiger charge is -2.36. The molecule has 4 heteroatoms. The Morgan fingerprint density at radius 3 is 2.56 bits per heavy atom. The van der Waals surface area contributed by atoms with E-state index in [0.29, 0.717) is 0 Å². The number of methoxy groups -OCH3 is 1. The highest BCUT2D eigenvalue weighted by molar-refractivity contribution is 14.1. The minimum Gasteiger partial charge on any atom is -0.383 e. The van der Waals surface area contributed by atoms with Crippen molar-refractivity contribution in [2.45, 2.75) is 6.92 Å². The zero-order valence-corrected chi connectivity index (χ0v) is 13.3. The fourth-order valence-electron chi connectivity index (χ4n) is 2.23. The molecule has 1 aliphatic heterocycles. The Morgan fingerprint density at radius 2 is 1.94 bits per heavy atom. The van der Waals surface area contributed by atoms with Crippen LogP contribution < -0.4 is 4.90 Å². The molecule has 2 rings (SSSR count). The van der Waals surface area contributed by atoms with Crippen LogP contribution in [0, 0.1) is 10.5 Å². The Labute approximate surface area is 123 Å². The smallest absolute Gasteiger partial charge is 0.0589 e. The minimum absolute atomic E-state index is 0.836. The molecule has 0 saturated carbocycles. The van der Waals surface area contributed by atoms with Gasteiger partial charge in [-0.05, 0) is 47.2 Å². The minimum atomic E-state index is 0.836. The van der Waals surface area contributed by atoms with Crippen LogP contribution in [0.4, 0.5) is 5.69 Å². The number of ether oxygens (including phenoxy) is 1. The highest BCUT2D eigenvalue weighted by Crippen LogP contribution is 2.21. The van der Waals surface area contributed by atoms with E-state index >= 15 is 0 Å². The van der Waals surface area contributed by atoms with E-state index in [0.717, 1.165) is 39.3 Å². The highest BCUT2D eigenvalue weighted by atomic mass is 127. The molecule has 1 aromatic carbocycles. The molecule has 0 amide bonds. The second kappa shape index (κ2) is 6.73. The van der Waals surface area contributed by atoms with Crippen molar-refractivity contribution < 1.29 is 4.74 Å². The predicted octanol–water partition coefficient (Wildman–Crippen LogP) is 2.37. The molecular formula is C14H21IN2O. The molecule has 3 nitrogen and oxygen atoms in total. The molecule has 0 radical (unpaired) electrons. The average Bonchev–Trinajstić information content (AvgIpc) is 2.40. The number of hydrogen-bond acceptors (Lipinski definition) is 3. The summed E-state index contributed by atoms with van der Waals surface area (Å²) in [5, 5.41) is 0. The van der Waals surface area contributed by atoms with Crippen LogP contribution in [0.2, 0.25) is 0 Å². The third kappa shape index (κ3) is 3.59. The molecule has 0 N–H and O–H groups in total. The Balaban J connectivity index is 1.90. The quantitative estimate of drug-likeness (QED) is 0.767. The maximum Gasteiger partial charge on any atom is 0.0589 e. The van der Waals surface area contributed by atoms with Gasteiger partial charge >= 0.3 is 0 Å². The fourth-order valence-corrected chi connectivity index (χ4v) is 2.73. The van der Waals surface area contributed by atoms with E-state index < -0.39 is 0 Å². The van der Waals surface area contributed by atoms with Gasteiger partial charge in [0.2, 0.25) is 0 Å². The first kappa shape index (κ1) is 14.1. The largest absolute Gasteiger partial charge is 0.383 e. The number of nitrogens with zero attached hydrogens (tertiary/aromatic N) is 2. The van der Waals surface area contributed by atoms with Crippen molar-refractivity contribution in [3.8, 4) is 0 Å². The first-order valence-electron chi connectivity index (χ1n) is 6.43. The molecule has 1 fully saturated rings. The van der Waals surface area contributed by atoms with Crippen LogP contribution in [0.3, 0.4) is 0 Å². The molecule has 0 aromatic heterocycles. The number of rotatable bonds is 4. The summed E-state index contributed by atoms with van der Waals surface area (Å²) in [5.41, 5.74) is 2.72. The van der Waals surface area contributed by atoms with Crippen molar-refractivity contribution in [3.05, 3.63) is 27.3 Å². The predicted molar refractivity (Wildman–Crippen MR) is 84.4 cm³/mol. The van der Waals surface area contributed by atoms with E-state index in [1.165, 1.54) is 14.8 Å². The highest BCUT2D eigenvalue weighted by Gasteiger charge is 2.16. The zero-order valence-electron chi connectivity index (χ0n) is 11.2. The number of halogens is 1. The average molecular weight is 360 g/mol. The lowest BCUT2D eigenvalue weighted by molar-refractivity contribution is 0.144. The van der Waals surface area contributed by atoms with E-state index in [4.69, 9.17) is 4.74 Å². The van der Waals surface area contributed by atoms with Crippen LogP contribution >= 0.6 is 22.6 Å². The van der Waals surface area contributed by atoms with Gasteiger partial charge in [0.25, 0.3) is 0 Å². The van der Waals surface area contributed by atoms with Crippen molar-refractivity contribution in [1.82, 2.24) is 4.90 Å². The van der Waals surface area contributed by atoms with Crippen molar-refractivity contribution in [2.24, 2.45) is 0 Å². The van der Waals surface area contributed by atoms with Crippen molar-refractivity contribution in [1.29, 1.82) is 0 Å². The van der Waals surface area contributed by atoms with Gasteiger partial charge in [-0.3, -0.25) is 4.90 Å². The Morgan fingerprint density at radius 1 is 1.22 bits per heavy atom. The Kier molecular flexibility index (Phi) is 5.26. The lowest BCUT2D eigenvalue weighted by atomic mass is 10.2. The van der Waals surface area contributed by atoms with Gasteiger partial charge < -0.3 is 9.64 Å². The number of anilines is 1. The van der Waals surface area contributed by atoms with Gasteiger partial charge in [-0.2, -0.15) is 0 Å². The maximum absolute atomic E-state index is 5.13. The van der Waals surface area contributed by atoms with Gasteiger partial charge in [0.15, 0.2) is 0 Å². The van der Waals surface area contributed by atoms with E-state index in [2.05, 4.69) is 57.5 Å². The van der Waals surface area contributed by atoms with Crippen molar-refractivity contribution in [2.75, 3.05) is 51.3 Å². The zero-order chi connectivity index (χ0) is 13.0. The summed E-state index contributed by atoms with van der Waals surface area (Å²) in [5.74, 6) is 0. The molecule has 1 aromatic rings. The van der Waals surface area contributed by atoms with Crippen LogP contribution in [0.5, 0.6) is 0 Å². The van der Waals surface area contributed by atoms with E-state index in [1.807, 2.05) is 0 Å². The van der Waals surface area contributed by atoms with Crippen LogP contribution in [0.15, 0.2) is 18.2 Å². The summed E-state index contributed by atoms with van der Waals surface area (Å²) < 4.78 is 6.48. The van der Waals surface area contributed by atoms with E-state index in [1.54, 1.807) is 7.11 Å².